The van der Waals surface area contributed by atoms with E-state index in [0.717, 1.165) is 17.7 Å². The summed E-state index contributed by atoms with van der Waals surface area (Å²) in [5, 5.41) is 2.72. The minimum atomic E-state index is -0.456. The van der Waals surface area contributed by atoms with E-state index in [0.29, 0.717) is 18.5 Å². The molecule has 2 aromatic carbocycles. The van der Waals surface area contributed by atoms with Crippen LogP contribution < -0.4 is 10.1 Å². The van der Waals surface area contributed by atoms with Crippen LogP contribution >= 0.6 is 0 Å². The molecule has 2 aromatic rings. The first-order chi connectivity index (χ1) is 13.1. The van der Waals surface area contributed by atoms with Gasteiger partial charge in [-0.25, -0.2) is 4.39 Å². The molecule has 5 nitrogen and oxygen atoms in total. The summed E-state index contributed by atoms with van der Waals surface area (Å²) >= 11 is 0. The van der Waals surface area contributed by atoms with Crippen LogP contribution in [0.1, 0.15) is 23.5 Å². The van der Waals surface area contributed by atoms with Crippen LogP contribution in [0.4, 0.5) is 4.39 Å². The van der Waals surface area contributed by atoms with Gasteiger partial charge in [-0.1, -0.05) is 36.4 Å². The van der Waals surface area contributed by atoms with Crippen molar-refractivity contribution in [3.05, 3.63) is 65.5 Å². The average molecular weight is 369 g/mol. The van der Waals surface area contributed by atoms with Gasteiger partial charge >= 0.3 is 5.97 Å². The first kappa shape index (κ1) is 17.5. The number of benzene rings is 2. The zero-order chi connectivity index (χ0) is 18.8. The predicted molar refractivity (Wildman–Crippen MR) is 95.8 cm³/mol. The summed E-state index contributed by atoms with van der Waals surface area (Å²) in [6, 6.07) is 14.2. The van der Waals surface area contributed by atoms with Crippen molar-refractivity contribution in [2.75, 3.05) is 13.2 Å². The topological polar surface area (TPSA) is 64.6 Å². The normalized spacial score (nSPS) is 22.5. The molecule has 3 atom stereocenters. The Morgan fingerprint density at radius 2 is 1.93 bits per heavy atom. The van der Waals surface area contributed by atoms with Gasteiger partial charge in [0.05, 0.1) is 12.5 Å². The molecule has 1 amide bonds. The first-order valence-corrected chi connectivity index (χ1v) is 9.04. The number of carbonyl (C=O) groups is 2. The second kappa shape index (κ2) is 7.39. The lowest BCUT2D eigenvalue weighted by atomic mass is 10.1. The van der Waals surface area contributed by atoms with E-state index in [1.165, 1.54) is 6.07 Å². The van der Waals surface area contributed by atoms with Crippen molar-refractivity contribution in [2.24, 2.45) is 5.92 Å². The van der Waals surface area contributed by atoms with Gasteiger partial charge in [0.15, 0.2) is 6.61 Å². The van der Waals surface area contributed by atoms with E-state index in [1.54, 1.807) is 18.2 Å². The molecule has 0 saturated heterocycles. The predicted octanol–water partition coefficient (Wildman–Crippen LogP) is 2.59. The van der Waals surface area contributed by atoms with E-state index in [1.807, 2.05) is 24.3 Å². The number of hydrogen-bond acceptors (Lipinski definition) is 4. The molecule has 6 heteroatoms. The van der Waals surface area contributed by atoms with E-state index < -0.39 is 5.97 Å². The Balaban J connectivity index is 1.18. The summed E-state index contributed by atoms with van der Waals surface area (Å²) in [6.07, 6.45) is 1.17. The lowest BCUT2D eigenvalue weighted by molar-refractivity contribution is -0.150. The Hall–Kier alpha value is -2.89. The molecule has 140 valence electrons. The summed E-state index contributed by atoms with van der Waals surface area (Å²) in [7, 11) is 0. The highest BCUT2D eigenvalue weighted by Crippen LogP contribution is 2.48. The number of fused-ring (bicyclic) bond motifs is 1. The maximum Gasteiger partial charge on any atom is 0.310 e. The largest absolute Gasteiger partial charge is 0.488 e. The molecular formula is C21H20FNO4. The molecule has 0 aromatic heterocycles. The van der Waals surface area contributed by atoms with Crippen molar-refractivity contribution in [1.82, 2.24) is 5.32 Å². The Kier molecular flexibility index (Phi) is 4.79. The lowest BCUT2D eigenvalue weighted by Crippen LogP contribution is -2.37. The third kappa shape index (κ3) is 3.94. The number of halogens is 1. The lowest BCUT2D eigenvalue weighted by Gasteiger charge is -2.12. The van der Waals surface area contributed by atoms with E-state index in [-0.39, 0.29) is 36.3 Å². The van der Waals surface area contributed by atoms with Gasteiger partial charge in [0, 0.05) is 12.3 Å². The van der Waals surface area contributed by atoms with Gasteiger partial charge in [-0.2, -0.15) is 0 Å². The Morgan fingerprint density at radius 3 is 2.74 bits per heavy atom. The monoisotopic (exact) mass is 369 g/mol. The zero-order valence-corrected chi connectivity index (χ0v) is 14.7. The Morgan fingerprint density at radius 1 is 1.15 bits per heavy atom. The molecule has 1 fully saturated rings. The summed E-state index contributed by atoms with van der Waals surface area (Å²) in [4.78, 5) is 24.0. The molecule has 1 N–H and O–H groups in total. The number of ether oxygens (including phenoxy) is 2. The first-order valence-electron chi connectivity index (χ1n) is 9.04. The maximum absolute atomic E-state index is 13.7. The summed E-state index contributed by atoms with van der Waals surface area (Å²) < 4.78 is 24.6. The van der Waals surface area contributed by atoms with E-state index in [9.17, 15) is 14.0 Å². The van der Waals surface area contributed by atoms with Crippen molar-refractivity contribution in [3.63, 3.8) is 0 Å². The van der Waals surface area contributed by atoms with Crippen LogP contribution in [0.2, 0.25) is 0 Å². The van der Waals surface area contributed by atoms with Gasteiger partial charge in [0.25, 0.3) is 5.91 Å². The van der Waals surface area contributed by atoms with Crippen molar-refractivity contribution in [2.45, 2.75) is 24.9 Å². The molecular weight excluding hydrogens is 349 g/mol. The summed E-state index contributed by atoms with van der Waals surface area (Å²) in [5.74, 6) is -0.826. The second-order valence-corrected chi connectivity index (χ2v) is 6.93. The standard InChI is InChI=1S/C21H20FNO4/c22-18-7-3-2-6-15(18)16-10-17(16)21(25)26-12-20(24)23-11-14-9-13-5-1-4-8-19(13)27-14/h1-8,14,16-17H,9-12H2,(H,23,24). The second-order valence-electron chi connectivity index (χ2n) is 6.93. The van der Waals surface area contributed by atoms with Gasteiger partial charge in [0.2, 0.25) is 0 Å². The van der Waals surface area contributed by atoms with Crippen LogP contribution in [-0.2, 0) is 20.7 Å². The van der Waals surface area contributed by atoms with Crippen LogP contribution in [0, 0.1) is 11.7 Å². The third-order valence-corrected chi connectivity index (χ3v) is 4.98. The molecule has 0 spiro atoms. The van der Waals surface area contributed by atoms with Crippen LogP contribution in [0.5, 0.6) is 5.75 Å². The third-order valence-electron chi connectivity index (χ3n) is 4.98. The summed E-state index contributed by atoms with van der Waals surface area (Å²) in [6.45, 7) is 0.0192. The van der Waals surface area contributed by atoms with Crippen molar-refractivity contribution in [1.29, 1.82) is 0 Å². The number of hydrogen-bond donors (Lipinski definition) is 1. The molecule has 1 saturated carbocycles. The average Bonchev–Trinajstić information content (AvgIpc) is 3.36. The molecule has 1 heterocycles. The molecule has 0 bridgehead atoms. The number of para-hydroxylation sites is 1. The van der Waals surface area contributed by atoms with Crippen LogP contribution in [0.3, 0.4) is 0 Å². The Labute approximate surface area is 156 Å². The number of amides is 1. The molecule has 0 radical (unpaired) electrons. The van der Waals surface area contributed by atoms with E-state index in [2.05, 4.69) is 5.32 Å². The van der Waals surface area contributed by atoms with Crippen LogP contribution in [0.15, 0.2) is 48.5 Å². The fourth-order valence-corrected chi connectivity index (χ4v) is 3.47. The minimum absolute atomic E-state index is 0.115. The van der Waals surface area contributed by atoms with Crippen molar-refractivity contribution < 1.29 is 23.5 Å². The quantitative estimate of drug-likeness (QED) is 0.795. The van der Waals surface area contributed by atoms with E-state index >= 15 is 0 Å². The van der Waals surface area contributed by atoms with Crippen molar-refractivity contribution >= 4 is 11.9 Å². The van der Waals surface area contributed by atoms with Gasteiger partial charge in [0.1, 0.15) is 17.7 Å². The van der Waals surface area contributed by atoms with Gasteiger partial charge < -0.3 is 14.8 Å². The molecule has 2 aliphatic rings. The van der Waals surface area contributed by atoms with Gasteiger partial charge in [-0.15, -0.1) is 0 Å². The smallest absolute Gasteiger partial charge is 0.310 e. The highest BCUT2D eigenvalue weighted by atomic mass is 19.1. The fourth-order valence-electron chi connectivity index (χ4n) is 3.47. The van der Waals surface area contributed by atoms with Crippen LogP contribution in [-0.4, -0.2) is 31.1 Å². The van der Waals surface area contributed by atoms with Crippen LogP contribution in [0.25, 0.3) is 0 Å². The zero-order valence-electron chi connectivity index (χ0n) is 14.7. The van der Waals surface area contributed by atoms with Gasteiger partial charge in [-0.05, 0) is 29.7 Å². The fraction of sp³-hybridized carbons (Fsp3) is 0.333. The highest BCUT2D eigenvalue weighted by molar-refractivity contribution is 5.83. The Bertz CT molecular complexity index is 844. The number of rotatable bonds is 6. The molecule has 4 rings (SSSR count). The molecule has 1 aliphatic carbocycles. The molecule has 3 unspecified atom stereocenters. The highest BCUT2D eigenvalue weighted by Gasteiger charge is 2.46. The SMILES string of the molecule is O=C(COC(=O)C1CC1c1ccccc1F)NCC1Cc2ccccc2O1. The summed E-state index contributed by atoms with van der Waals surface area (Å²) in [5.41, 5.74) is 1.65. The molecule has 1 aliphatic heterocycles. The van der Waals surface area contributed by atoms with Crippen molar-refractivity contribution in [3.8, 4) is 5.75 Å². The van der Waals surface area contributed by atoms with Gasteiger partial charge in [-0.3, -0.25) is 9.59 Å². The number of carbonyl (C=O) groups excluding carboxylic acids is 2. The maximum atomic E-state index is 13.7. The van der Waals surface area contributed by atoms with E-state index in [4.69, 9.17) is 9.47 Å². The molecule has 27 heavy (non-hydrogen) atoms. The minimum Gasteiger partial charge on any atom is -0.488 e. The number of nitrogens with one attached hydrogen (secondary N) is 1. The number of esters is 1.